The van der Waals surface area contributed by atoms with E-state index >= 15 is 0 Å². The Morgan fingerprint density at radius 3 is 2.43 bits per heavy atom. The van der Waals surface area contributed by atoms with Crippen LogP contribution in [-0.4, -0.2) is 12.1 Å². The first-order valence-electron chi connectivity index (χ1n) is 8.12. The molecule has 1 aromatic carbocycles. The summed E-state index contributed by atoms with van der Waals surface area (Å²) < 4.78 is 7.31. The number of halogens is 1. The molecule has 118 valence electrons. The summed E-state index contributed by atoms with van der Waals surface area (Å²) in [5.41, 5.74) is 1.29. The van der Waals surface area contributed by atoms with Crippen LogP contribution in [0.5, 0.6) is 5.75 Å². The number of hydrogen-bond donors (Lipinski definition) is 1. The quantitative estimate of drug-likeness (QED) is 0.789. The van der Waals surface area contributed by atoms with Gasteiger partial charge in [-0.2, -0.15) is 0 Å². The first-order chi connectivity index (χ1) is 9.94. The molecule has 0 aromatic heterocycles. The van der Waals surface area contributed by atoms with Crippen molar-refractivity contribution in [1.29, 1.82) is 0 Å². The van der Waals surface area contributed by atoms with E-state index in [1.54, 1.807) is 0 Å². The summed E-state index contributed by atoms with van der Waals surface area (Å²) >= 11 is 3.66. The molecule has 2 nitrogen and oxygen atoms in total. The highest BCUT2D eigenvalue weighted by atomic mass is 79.9. The van der Waals surface area contributed by atoms with Crippen molar-refractivity contribution in [3.05, 3.63) is 28.2 Å². The molecule has 21 heavy (non-hydrogen) atoms. The largest absolute Gasteiger partial charge is 0.489 e. The van der Waals surface area contributed by atoms with E-state index in [-0.39, 0.29) is 0 Å². The monoisotopic (exact) mass is 353 g/mol. The Kier molecular flexibility index (Phi) is 6.12. The molecule has 1 aliphatic carbocycles. The van der Waals surface area contributed by atoms with E-state index in [1.807, 2.05) is 0 Å². The Hall–Kier alpha value is -0.540. The average molecular weight is 354 g/mol. The van der Waals surface area contributed by atoms with Crippen LogP contribution in [0.4, 0.5) is 0 Å². The van der Waals surface area contributed by atoms with Gasteiger partial charge in [0.1, 0.15) is 5.75 Å². The summed E-state index contributed by atoms with van der Waals surface area (Å²) in [5.74, 6) is 2.52. The van der Waals surface area contributed by atoms with Gasteiger partial charge in [0.2, 0.25) is 0 Å². The zero-order valence-electron chi connectivity index (χ0n) is 13.7. The van der Waals surface area contributed by atoms with Gasteiger partial charge < -0.3 is 10.1 Å². The number of nitrogens with one attached hydrogen (secondary N) is 1. The van der Waals surface area contributed by atoms with Crippen molar-refractivity contribution in [2.24, 2.45) is 11.8 Å². The molecule has 1 saturated carbocycles. The third-order valence-corrected chi connectivity index (χ3v) is 4.76. The lowest BCUT2D eigenvalue weighted by molar-refractivity contribution is 0.100. The number of benzene rings is 1. The highest BCUT2D eigenvalue weighted by Gasteiger charge is 2.25. The molecule has 1 aliphatic rings. The lowest BCUT2D eigenvalue weighted by Crippen LogP contribution is -2.28. The molecule has 2 unspecified atom stereocenters. The van der Waals surface area contributed by atoms with E-state index in [0.29, 0.717) is 12.1 Å². The van der Waals surface area contributed by atoms with E-state index in [4.69, 9.17) is 4.74 Å². The molecule has 0 bridgehead atoms. The van der Waals surface area contributed by atoms with Crippen LogP contribution in [-0.2, 0) is 6.54 Å². The van der Waals surface area contributed by atoms with Crippen LogP contribution >= 0.6 is 15.9 Å². The lowest BCUT2D eigenvalue weighted by Gasteiger charge is -2.32. The normalized spacial score (nSPS) is 26.1. The predicted molar refractivity (Wildman–Crippen MR) is 92.7 cm³/mol. The summed E-state index contributed by atoms with van der Waals surface area (Å²) in [5, 5.41) is 3.44. The maximum absolute atomic E-state index is 6.24. The SMILES string of the molecule is CC1CC(C)CC(Oc2ccc(CNC(C)C)cc2Br)C1. The molecule has 0 amide bonds. The molecule has 1 aromatic rings. The molecule has 1 fully saturated rings. The van der Waals surface area contributed by atoms with Crippen molar-refractivity contribution in [2.45, 2.75) is 65.6 Å². The average Bonchev–Trinajstić information content (AvgIpc) is 2.38. The second-order valence-electron chi connectivity index (χ2n) is 6.96. The number of rotatable bonds is 5. The zero-order chi connectivity index (χ0) is 15.4. The van der Waals surface area contributed by atoms with E-state index in [2.05, 4.69) is 67.1 Å². The smallest absolute Gasteiger partial charge is 0.133 e. The van der Waals surface area contributed by atoms with Gasteiger partial charge in [0.25, 0.3) is 0 Å². The molecule has 0 spiro atoms. The van der Waals surface area contributed by atoms with Gasteiger partial charge in [-0.05, 0) is 64.7 Å². The van der Waals surface area contributed by atoms with Gasteiger partial charge in [-0.3, -0.25) is 0 Å². The van der Waals surface area contributed by atoms with Crippen molar-refractivity contribution in [1.82, 2.24) is 5.32 Å². The van der Waals surface area contributed by atoms with E-state index in [0.717, 1.165) is 28.6 Å². The van der Waals surface area contributed by atoms with Crippen LogP contribution in [0, 0.1) is 11.8 Å². The second-order valence-corrected chi connectivity index (χ2v) is 7.81. The molecular formula is C18H28BrNO. The van der Waals surface area contributed by atoms with Gasteiger partial charge in [-0.1, -0.05) is 33.8 Å². The maximum atomic E-state index is 6.24. The minimum atomic E-state index is 0.361. The Morgan fingerprint density at radius 1 is 1.19 bits per heavy atom. The van der Waals surface area contributed by atoms with Crippen molar-refractivity contribution >= 4 is 15.9 Å². The Morgan fingerprint density at radius 2 is 1.86 bits per heavy atom. The first kappa shape index (κ1) is 16.8. The summed E-state index contributed by atoms with van der Waals surface area (Å²) in [7, 11) is 0. The highest BCUT2D eigenvalue weighted by molar-refractivity contribution is 9.10. The van der Waals surface area contributed by atoms with E-state index in [9.17, 15) is 0 Å². The summed E-state index contributed by atoms with van der Waals surface area (Å²) in [6.45, 7) is 9.90. The minimum Gasteiger partial charge on any atom is -0.489 e. The standard InChI is InChI=1S/C18H28BrNO/c1-12(2)20-11-15-5-6-18(17(19)10-15)21-16-8-13(3)7-14(4)9-16/h5-6,10,12-14,16,20H,7-9,11H2,1-4H3. The topological polar surface area (TPSA) is 21.3 Å². The minimum absolute atomic E-state index is 0.361. The maximum Gasteiger partial charge on any atom is 0.133 e. The Bertz CT molecular complexity index is 451. The molecule has 3 heteroatoms. The van der Waals surface area contributed by atoms with Crippen LogP contribution in [0.3, 0.4) is 0 Å². The van der Waals surface area contributed by atoms with Gasteiger partial charge >= 0.3 is 0 Å². The summed E-state index contributed by atoms with van der Waals surface area (Å²) in [6, 6.07) is 6.93. The fourth-order valence-corrected chi connectivity index (χ4v) is 3.74. The highest BCUT2D eigenvalue weighted by Crippen LogP contribution is 2.34. The molecule has 2 rings (SSSR count). The molecule has 2 atom stereocenters. The van der Waals surface area contributed by atoms with Crippen molar-refractivity contribution < 1.29 is 4.74 Å². The van der Waals surface area contributed by atoms with Gasteiger partial charge in [0.05, 0.1) is 10.6 Å². The molecule has 0 aliphatic heterocycles. The van der Waals surface area contributed by atoms with Crippen LogP contribution in [0.25, 0.3) is 0 Å². The fraction of sp³-hybridized carbons (Fsp3) is 0.667. The third-order valence-electron chi connectivity index (χ3n) is 4.14. The first-order valence-corrected chi connectivity index (χ1v) is 8.91. The Balaban J connectivity index is 1.97. The van der Waals surface area contributed by atoms with Crippen LogP contribution < -0.4 is 10.1 Å². The van der Waals surface area contributed by atoms with Crippen molar-refractivity contribution in [3.8, 4) is 5.75 Å². The van der Waals surface area contributed by atoms with Crippen molar-refractivity contribution in [3.63, 3.8) is 0 Å². The van der Waals surface area contributed by atoms with Crippen LogP contribution in [0.15, 0.2) is 22.7 Å². The molecule has 0 saturated heterocycles. The zero-order valence-corrected chi connectivity index (χ0v) is 15.2. The van der Waals surface area contributed by atoms with Crippen LogP contribution in [0.2, 0.25) is 0 Å². The third kappa shape index (κ3) is 5.30. The van der Waals surface area contributed by atoms with Gasteiger partial charge in [-0.25, -0.2) is 0 Å². The summed E-state index contributed by atoms with van der Waals surface area (Å²) in [6.07, 6.45) is 4.04. The summed E-state index contributed by atoms with van der Waals surface area (Å²) in [4.78, 5) is 0. The predicted octanol–water partition coefficient (Wildman–Crippen LogP) is 5.15. The number of ether oxygens (including phenoxy) is 1. The molecule has 1 N–H and O–H groups in total. The fourth-order valence-electron chi connectivity index (χ4n) is 3.22. The number of hydrogen-bond acceptors (Lipinski definition) is 2. The van der Waals surface area contributed by atoms with Crippen LogP contribution in [0.1, 0.15) is 52.5 Å². The van der Waals surface area contributed by atoms with Crippen molar-refractivity contribution in [2.75, 3.05) is 0 Å². The van der Waals surface area contributed by atoms with Gasteiger partial charge in [0.15, 0.2) is 0 Å². The molecule has 0 radical (unpaired) electrons. The second kappa shape index (κ2) is 7.64. The van der Waals surface area contributed by atoms with E-state index < -0.39 is 0 Å². The Labute approximate surface area is 137 Å². The van der Waals surface area contributed by atoms with E-state index in [1.165, 1.54) is 24.8 Å². The lowest BCUT2D eigenvalue weighted by atomic mass is 9.82. The molecule has 0 heterocycles. The molecular weight excluding hydrogens is 326 g/mol. The van der Waals surface area contributed by atoms with Gasteiger partial charge in [-0.15, -0.1) is 0 Å². The van der Waals surface area contributed by atoms with Gasteiger partial charge in [0, 0.05) is 12.6 Å².